The van der Waals surface area contributed by atoms with Gasteiger partial charge in [-0.3, -0.25) is 15.0 Å². The zero-order valence-corrected chi connectivity index (χ0v) is 14.0. The number of rotatable bonds is 4. The molecule has 1 aliphatic carbocycles. The molecule has 1 heterocycles. The Bertz CT molecular complexity index is 666. The van der Waals surface area contributed by atoms with Gasteiger partial charge in [0.25, 0.3) is 0 Å². The highest BCUT2D eigenvalue weighted by Crippen LogP contribution is 2.37. The molecule has 1 aromatic carbocycles. The first-order valence-corrected chi connectivity index (χ1v) is 8.69. The van der Waals surface area contributed by atoms with E-state index in [1.165, 1.54) is 11.8 Å². The van der Waals surface area contributed by atoms with Crippen molar-refractivity contribution in [2.45, 2.75) is 29.9 Å². The molecule has 3 amide bonds. The molecule has 2 aliphatic rings. The Kier molecular flexibility index (Phi) is 4.94. The number of carbonyl (C=O) groups is 3. The number of amides is 3. The number of anilines is 1. The maximum absolute atomic E-state index is 12.0. The average molecular weight is 349 g/mol. The Hall–Kier alpha value is -2.22. The summed E-state index contributed by atoms with van der Waals surface area (Å²) in [5.41, 5.74) is 5.23. The van der Waals surface area contributed by atoms with E-state index < -0.39 is 17.3 Å². The number of nitrogens with one attached hydrogen (secondary N) is 3. The van der Waals surface area contributed by atoms with Gasteiger partial charge >= 0.3 is 6.09 Å². The Morgan fingerprint density at radius 2 is 2.08 bits per heavy atom. The van der Waals surface area contributed by atoms with Gasteiger partial charge in [-0.2, -0.15) is 0 Å². The molecule has 3 unspecified atom stereocenters. The number of hydrogen-bond acceptors (Lipinski definition) is 5. The van der Waals surface area contributed by atoms with Gasteiger partial charge in [0.05, 0.1) is 17.5 Å². The molecule has 0 radical (unpaired) electrons. The van der Waals surface area contributed by atoms with Crippen molar-refractivity contribution in [3.63, 3.8) is 0 Å². The molecule has 24 heavy (non-hydrogen) atoms. The van der Waals surface area contributed by atoms with E-state index >= 15 is 0 Å². The summed E-state index contributed by atoms with van der Waals surface area (Å²) in [6.07, 6.45) is 0.341. The standard InChI is InChI=1S/C16H19N3O4S/c1-9-6-10(9)8-23-16(22)19-18-14(20)7-13-15(21)17-11-4-2-3-5-12(11)24-13/h2-5,9-10,13H,6-8H2,1H3,(H,17,21)(H,18,20)(H,19,22). The summed E-state index contributed by atoms with van der Waals surface area (Å²) in [5, 5.41) is 2.24. The lowest BCUT2D eigenvalue weighted by Crippen LogP contribution is -2.44. The molecule has 0 saturated heterocycles. The largest absolute Gasteiger partial charge is 0.448 e. The lowest BCUT2D eigenvalue weighted by molar-refractivity contribution is -0.124. The first kappa shape index (κ1) is 16.6. The Morgan fingerprint density at radius 1 is 1.33 bits per heavy atom. The maximum Gasteiger partial charge on any atom is 0.426 e. The van der Waals surface area contributed by atoms with E-state index in [0.29, 0.717) is 18.4 Å². The van der Waals surface area contributed by atoms with Gasteiger partial charge in [-0.1, -0.05) is 19.1 Å². The summed E-state index contributed by atoms with van der Waals surface area (Å²) in [5.74, 6) is 0.351. The van der Waals surface area contributed by atoms with Crippen molar-refractivity contribution in [1.82, 2.24) is 10.9 Å². The SMILES string of the molecule is CC1CC1COC(=O)NNC(=O)CC1Sc2ccccc2NC1=O. The molecule has 0 aromatic heterocycles. The van der Waals surface area contributed by atoms with Crippen LogP contribution >= 0.6 is 11.8 Å². The van der Waals surface area contributed by atoms with Crippen LogP contribution in [0.4, 0.5) is 10.5 Å². The van der Waals surface area contributed by atoms with Crippen LogP contribution in [0.5, 0.6) is 0 Å². The second kappa shape index (κ2) is 7.12. The molecule has 8 heteroatoms. The number of hydrogen-bond donors (Lipinski definition) is 3. The van der Waals surface area contributed by atoms with E-state index in [1.54, 1.807) is 0 Å². The molecule has 0 bridgehead atoms. The van der Waals surface area contributed by atoms with Crippen molar-refractivity contribution >= 4 is 35.4 Å². The number of para-hydroxylation sites is 1. The molecule has 0 spiro atoms. The van der Waals surface area contributed by atoms with Gasteiger partial charge < -0.3 is 10.1 Å². The zero-order chi connectivity index (χ0) is 17.1. The first-order valence-electron chi connectivity index (χ1n) is 7.81. The highest BCUT2D eigenvalue weighted by atomic mass is 32.2. The number of ether oxygens (including phenoxy) is 1. The fourth-order valence-electron chi connectivity index (χ4n) is 2.42. The molecule has 1 aromatic rings. The molecule has 3 atom stereocenters. The number of thioether (sulfide) groups is 1. The molecular weight excluding hydrogens is 330 g/mol. The third-order valence-electron chi connectivity index (χ3n) is 4.09. The molecule has 1 fully saturated rings. The zero-order valence-electron chi connectivity index (χ0n) is 13.2. The van der Waals surface area contributed by atoms with E-state index in [2.05, 4.69) is 23.1 Å². The third-order valence-corrected chi connectivity index (χ3v) is 5.36. The number of benzene rings is 1. The van der Waals surface area contributed by atoms with Crippen molar-refractivity contribution in [3.8, 4) is 0 Å². The molecule has 1 saturated carbocycles. The normalized spacial score (nSPS) is 24.4. The van der Waals surface area contributed by atoms with Gasteiger partial charge in [0.1, 0.15) is 0 Å². The predicted molar refractivity (Wildman–Crippen MR) is 89.2 cm³/mol. The van der Waals surface area contributed by atoms with Gasteiger partial charge in [-0.25, -0.2) is 10.2 Å². The Balaban J connectivity index is 1.41. The van der Waals surface area contributed by atoms with Gasteiger partial charge in [0.2, 0.25) is 11.8 Å². The second-order valence-corrected chi connectivity index (χ2v) is 7.29. The fourth-order valence-corrected chi connectivity index (χ4v) is 3.53. The van der Waals surface area contributed by atoms with Crippen LogP contribution in [0.3, 0.4) is 0 Å². The Morgan fingerprint density at radius 3 is 2.83 bits per heavy atom. The highest BCUT2D eigenvalue weighted by Gasteiger charge is 2.33. The minimum absolute atomic E-state index is 0.0369. The van der Waals surface area contributed by atoms with E-state index in [4.69, 9.17) is 4.74 Å². The lowest BCUT2D eigenvalue weighted by atomic mass is 10.2. The average Bonchev–Trinajstić information content (AvgIpc) is 3.27. The molecule has 1 aliphatic heterocycles. The first-order chi connectivity index (χ1) is 11.5. The van der Waals surface area contributed by atoms with Crippen molar-refractivity contribution in [3.05, 3.63) is 24.3 Å². The second-order valence-electron chi connectivity index (χ2n) is 6.04. The van der Waals surface area contributed by atoms with E-state index in [-0.39, 0.29) is 12.3 Å². The summed E-state index contributed by atoms with van der Waals surface area (Å²) < 4.78 is 5.00. The van der Waals surface area contributed by atoms with Gasteiger partial charge in [0, 0.05) is 11.3 Å². The minimum atomic E-state index is -0.687. The van der Waals surface area contributed by atoms with Crippen LogP contribution in [0.15, 0.2) is 29.2 Å². The smallest absolute Gasteiger partial charge is 0.426 e. The molecular formula is C16H19N3O4S. The molecule has 3 N–H and O–H groups in total. The number of hydrazine groups is 1. The van der Waals surface area contributed by atoms with Gasteiger partial charge in [-0.15, -0.1) is 11.8 Å². The molecule has 3 rings (SSSR count). The van der Waals surface area contributed by atoms with Crippen LogP contribution in [0.1, 0.15) is 19.8 Å². The van der Waals surface area contributed by atoms with Gasteiger partial charge in [-0.05, 0) is 30.4 Å². The number of carbonyl (C=O) groups excluding carboxylic acids is 3. The summed E-state index contributed by atoms with van der Waals surface area (Å²) in [4.78, 5) is 36.3. The van der Waals surface area contributed by atoms with Crippen LogP contribution in [0.2, 0.25) is 0 Å². The van der Waals surface area contributed by atoms with Crippen molar-refractivity contribution in [2.24, 2.45) is 11.8 Å². The molecule has 128 valence electrons. The maximum atomic E-state index is 12.0. The summed E-state index contributed by atoms with van der Waals surface area (Å²) in [7, 11) is 0. The molecule has 7 nitrogen and oxygen atoms in total. The van der Waals surface area contributed by atoms with Crippen molar-refractivity contribution in [1.29, 1.82) is 0 Å². The summed E-state index contributed by atoms with van der Waals surface area (Å²) >= 11 is 1.33. The number of fused-ring (bicyclic) bond motifs is 1. The highest BCUT2D eigenvalue weighted by molar-refractivity contribution is 8.01. The Labute approximate surface area is 143 Å². The van der Waals surface area contributed by atoms with Crippen molar-refractivity contribution in [2.75, 3.05) is 11.9 Å². The van der Waals surface area contributed by atoms with Crippen molar-refractivity contribution < 1.29 is 19.1 Å². The van der Waals surface area contributed by atoms with E-state index in [1.807, 2.05) is 24.3 Å². The van der Waals surface area contributed by atoms with Gasteiger partial charge in [0.15, 0.2) is 0 Å². The van der Waals surface area contributed by atoms with E-state index in [0.717, 1.165) is 17.0 Å². The van der Waals surface area contributed by atoms with E-state index in [9.17, 15) is 14.4 Å². The van der Waals surface area contributed by atoms with Crippen LogP contribution in [0.25, 0.3) is 0 Å². The third kappa shape index (κ3) is 4.19. The summed E-state index contributed by atoms with van der Waals surface area (Å²) in [6, 6.07) is 7.41. The van der Waals surface area contributed by atoms with Crippen LogP contribution in [0, 0.1) is 11.8 Å². The quantitative estimate of drug-likeness (QED) is 0.722. The van der Waals surface area contributed by atoms with Crippen LogP contribution in [-0.2, 0) is 14.3 Å². The predicted octanol–water partition coefficient (Wildman–Crippen LogP) is 1.90. The fraction of sp³-hybridized carbons (Fsp3) is 0.438. The van der Waals surface area contributed by atoms with Crippen LogP contribution in [-0.4, -0.2) is 29.8 Å². The topological polar surface area (TPSA) is 96.5 Å². The summed E-state index contributed by atoms with van der Waals surface area (Å²) in [6.45, 7) is 2.46. The minimum Gasteiger partial charge on any atom is -0.448 e. The monoisotopic (exact) mass is 349 g/mol. The lowest BCUT2D eigenvalue weighted by Gasteiger charge is -2.23. The van der Waals surface area contributed by atoms with Crippen LogP contribution < -0.4 is 16.2 Å².